The molecule has 0 unspecified atom stereocenters. The molecule has 0 atom stereocenters. The summed E-state index contributed by atoms with van der Waals surface area (Å²) in [6, 6.07) is 37.6. The van der Waals surface area contributed by atoms with Gasteiger partial charge < -0.3 is 19.6 Å². The van der Waals surface area contributed by atoms with Crippen LogP contribution < -0.4 is 5.73 Å². The first-order valence-electron chi connectivity index (χ1n) is 16.0. The van der Waals surface area contributed by atoms with Crippen LogP contribution in [0.2, 0.25) is 0 Å². The summed E-state index contributed by atoms with van der Waals surface area (Å²) in [4.78, 5) is 21.4. The minimum absolute atomic E-state index is 0.337. The Labute approximate surface area is 274 Å². The summed E-state index contributed by atoms with van der Waals surface area (Å²) in [5.41, 5.74) is 14.6. The zero-order valence-corrected chi connectivity index (χ0v) is 26.4. The number of carbonyl (C=O) groups excluding carboxylic acids is 1. The molecule has 7 heteroatoms. The number of anilines is 1. The van der Waals surface area contributed by atoms with Gasteiger partial charge in [-0.1, -0.05) is 66.7 Å². The predicted molar refractivity (Wildman–Crippen MR) is 188 cm³/mol. The van der Waals surface area contributed by atoms with E-state index in [1.165, 1.54) is 40.0 Å². The number of rotatable bonds is 8. The molecule has 7 aromatic rings. The van der Waals surface area contributed by atoms with Crippen LogP contribution in [-0.2, 0) is 24.2 Å². The first-order chi connectivity index (χ1) is 23.0. The van der Waals surface area contributed by atoms with E-state index in [1.54, 1.807) is 0 Å². The fourth-order valence-corrected chi connectivity index (χ4v) is 6.00. The molecule has 0 saturated heterocycles. The van der Waals surface area contributed by atoms with Gasteiger partial charge in [-0.2, -0.15) is 0 Å². The number of ether oxygens (including phenoxy) is 1. The zero-order chi connectivity index (χ0) is 32.2. The Balaban J connectivity index is 0.000000174. The summed E-state index contributed by atoms with van der Waals surface area (Å²) < 4.78 is 9.44. The molecule has 7 nitrogen and oxygen atoms in total. The Kier molecular flexibility index (Phi) is 8.52. The maximum Gasteiger partial charge on any atom is 0.358 e. The van der Waals surface area contributed by atoms with Gasteiger partial charge in [-0.15, -0.1) is 0 Å². The maximum absolute atomic E-state index is 12.3. The van der Waals surface area contributed by atoms with E-state index in [-0.39, 0.29) is 0 Å². The van der Waals surface area contributed by atoms with E-state index in [0.29, 0.717) is 23.7 Å². The van der Waals surface area contributed by atoms with Gasteiger partial charge in [-0.25, -0.2) is 9.78 Å². The maximum atomic E-state index is 12.3. The number of fused-ring (bicyclic) bond motifs is 2. The van der Waals surface area contributed by atoms with Gasteiger partial charge in [0.15, 0.2) is 5.69 Å². The van der Waals surface area contributed by atoms with Gasteiger partial charge in [0.1, 0.15) is 0 Å². The fraction of sp³-hybridized carbons (Fsp3) is 0.175. The predicted octanol–water partition coefficient (Wildman–Crippen LogP) is 8.01. The third kappa shape index (κ3) is 6.94. The number of aromatic nitrogens is 4. The number of nitrogens with two attached hydrogens (primary N) is 1. The largest absolute Gasteiger partial charge is 0.464 e. The minimum Gasteiger partial charge on any atom is -0.464 e. The molecule has 0 amide bonds. The van der Waals surface area contributed by atoms with Crippen molar-refractivity contribution in [1.29, 1.82) is 0 Å². The average molecular weight is 620 g/mol. The molecular formula is C40H37N5O2. The Morgan fingerprint density at radius 1 is 0.766 bits per heavy atom. The molecule has 1 fully saturated rings. The molecule has 1 aliphatic carbocycles. The average Bonchev–Trinajstić information content (AvgIpc) is 3.78. The molecule has 1 saturated carbocycles. The number of hydrogen-bond acceptors (Lipinski definition) is 5. The van der Waals surface area contributed by atoms with Crippen LogP contribution in [0.5, 0.6) is 0 Å². The lowest BCUT2D eigenvalue weighted by Gasteiger charge is -2.09. The van der Waals surface area contributed by atoms with Crippen molar-refractivity contribution < 1.29 is 9.53 Å². The van der Waals surface area contributed by atoms with Gasteiger partial charge in [-0.05, 0) is 77.4 Å². The van der Waals surface area contributed by atoms with Gasteiger partial charge in [0.25, 0.3) is 0 Å². The smallest absolute Gasteiger partial charge is 0.358 e. The first-order valence-corrected chi connectivity index (χ1v) is 16.0. The van der Waals surface area contributed by atoms with Gasteiger partial charge in [-0.3, -0.25) is 4.98 Å². The van der Waals surface area contributed by atoms with Crippen molar-refractivity contribution in [2.24, 2.45) is 0 Å². The molecule has 3 heterocycles. The molecule has 1 aliphatic rings. The second-order valence-electron chi connectivity index (χ2n) is 12.1. The van der Waals surface area contributed by atoms with Crippen molar-refractivity contribution in [1.82, 2.24) is 19.1 Å². The van der Waals surface area contributed by atoms with Crippen LogP contribution in [0.4, 0.5) is 5.69 Å². The molecule has 0 spiro atoms. The Hall–Kier alpha value is -5.69. The van der Waals surface area contributed by atoms with Crippen molar-refractivity contribution in [3.8, 4) is 0 Å². The molecule has 2 N–H and O–H groups in total. The lowest BCUT2D eigenvalue weighted by atomic mass is 10.1. The lowest BCUT2D eigenvalue weighted by Crippen LogP contribution is -2.12. The number of nitrogens with zero attached hydrogens (tertiary/aromatic N) is 4. The molecule has 0 aliphatic heterocycles. The minimum atomic E-state index is -0.421. The number of esters is 1. The normalized spacial score (nSPS) is 12.5. The summed E-state index contributed by atoms with van der Waals surface area (Å²) in [6.45, 7) is 1.73. The van der Waals surface area contributed by atoms with E-state index >= 15 is 0 Å². The van der Waals surface area contributed by atoms with Crippen molar-refractivity contribution >= 4 is 33.5 Å². The van der Waals surface area contributed by atoms with Crippen LogP contribution in [-0.4, -0.2) is 32.2 Å². The van der Waals surface area contributed by atoms with Crippen molar-refractivity contribution in [2.75, 3.05) is 12.8 Å². The van der Waals surface area contributed by atoms with Gasteiger partial charge in [0, 0.05) is 66.1 Å². The number of nitrogen functional groups attached to an aromatic ring is 1. The van der Waals surface area contributed by atoms with Crippen LogP contribution in [0, 0.1) is 0 Å². The van der Waals surface area contributed by atoms with Crippen molar-refractivity contribution in [2.45, 2.75) is 38.3 Å². The van der Waals surface area contributed by atoms with Crippen LogP contribution in [0.15, 0.2) is 128 Å². The monoisotopic (exact) mass is 619 g/mol. The molecule has 0 bridgehead atoms. The number of methoxy groups -OCH3 is 1. The lowest BCUT2D eigenvalue weighted by molar-refractivity contribution is 0.0591. The zero-order valence-electron chi connectivity index (χ0n) is 26.4. The number of benzene rings is 4. The highest BCUT2D eigenvalue weighted by atomic mass is 16.5. The highest BCUT2D eigenvalue weighted by Crippen LogP contribution is 2.39. The van der Waals surface area contributed by atoms with Crippen molar-refractivity contribution in [3.05, 3.63) is 162 Å². The number of hydrogen-bond donors (Lipinski definition) is 1. The Morgan fingerprint density at radius 3 is 1.96 bits per heavy atom. The van der Waals surface area contributed by atoms with E-state index in [0.717, 1.165) is 42.9 Å². The topological polar surface area (TPSA) is 88.0 Å². The van der Waals surface area contributed by atoms with Gasteiger partial charge in [0.05, 0.1) is 18.5 Å². The summed E-state index contributed by atoms with van der Waals surface area (Å²) in [7, 11) is 1.39. The first kappa shape index (κ1) is 30.0. The fourth-order valence-electron chi connectivity index (χ4n) is 6.00. The van der Waals surface area contributed by atoms with E-state index in [9.17, 15) is 4.79 Å². The van der Waals surface area contributed by atoms with Crippen LogP contribution in [0.3, 0.4) is 0 Å². The van der Waals surface area contributed by atoms with E-state index in [1.807, 2.05) is 30.5 Å². The van der Waals surface area contributed by atoms with Crippen LogP contribution in [0.25, 0.3) is 21.8 Å². The van der Waals surface area contributed by atoms with Crippen molar-refractivity contribution in [3.63, 3.8) is 0 Å². The van der Waals surface area contributed by atoms with Crippen LogP contribution in [0.1, 0.15) is 57.3 Å². The number of carbonyl (C=O) groups is 1. The van der Waals surface area contributed by atoms with Crippen LogP contribution >= 0.6 is 0 Å². The quantitative estimate of drug-likeness (QED) is 0.138. The van der Waals surface area contributed by atoms with E-state index in [4.69, 9.17) is 10.5 Å². The molecule has 47 heavy (non-hydrogen) atoms. The van der Waals surface area contributed by atoms with E-state index < -0.39 is 5.97 Å². The van der Waals surface area contributed by atoms with Gasteiger partial charge in [0.2, 0.25) is 0 Å². The summed E-state index contributed by atoms with van der Waals surface area (Å²) in [5, 5.41) is 2.37. The van der Waals surface area contributed by atoms with E-state index in [2.05, 4.69) is 116 Å². The molecule has 3 aromatic heterocycles. The molecule has 8 rings (SSSR count). The summed E-state index contributed by atoms with van der Waals surface area (Å²) >= 11 is 0. The molecule has 4 aromatic carbocycles. The third-order valence-corrected chi connectivity index (χ3v) is 8.63. The third-order valence-electron chi connectivity index (χ3n) is 8.63. The molecular weight excluding hydrogens is 582 g/mol. The Bertz CT molecular complexity index is 2150. The standard InChI is InChI=1S/C25H23N3O2.C15H14N2/c1-30-25(29)24-21(26-15-22(27-24)19-8-9-19)14-18-7-10-23-20(13-18)11-12-28(23)16-17-5-3-2-4-6-17;16-14-6-7-15-13(10-14)8-9-17(15)11-12-4-2-1-3-5-12/h2-7,10-13,15,19H,8-9,14,16H2,1H3;1-10H,11,16H2. The second-order valence-corrected chi connectivity index (χ2v) is 12.1. The summed E-state index contributed by atoms with van der Waals surface area (Å²) in [5.74, 6) is 0.0192. The van der Waals surface area contributed by atoms with Gasteiger partial charge >= 0.3 is 5.97 Å². The second kappa shape index (κ2) is 13.3. The summed E-state index contributed by atoms with van der Waals surface area (Å²) in [6.07, 6.45) is 8.82. The Morgan fingerprint density at radius 2 is 1.36 bits per heavy atom. The molecule has 234 valence electrons. The highest BCUT2D eigenvalue weighted by molar-refractivity contribution is 5.88. The SMILES string of the molecule is COC(=O)c1nc(C2CC2)cnc1Cc1ccc2c(ccn2Cc2ccccc2)c1.Nc1ccc2c(ccn2Cc2ccccc2)c1. The molecule has 0 radical (unpaired) electrons. The highest BCUT2D eigenvalue weighted by Gasteiger charge is 2.27.